The summed E-state index contributed by atoms with van der Waals surface area (Å²) in [7, 11) is 0. The van der Waals surface area contributed by atoms with Crippen molar-refractivity contribution in [2.45, 2.75) is 136 Å². The maximum Gasteiger partial charge on any atom is 0.320 e. The summed E-state index contributed by atoms with van der Waals surface area (Å²) in [4.78, 5) is 56.9. The summed E-state index contributed by atoms with van der Waals surface area (Å²) in [5.41, 5.74) is -0.562. The first-order valence-corrected chi connectivity index (χ1v) is 15.7. The fourth-order valence-electron chi connectivity index (χ4n) is 8.07. The first-order valence-electron chi connectivity index (χ1n) is 15.7. The van der Waals surface area contributed by atoms with Crippen LogP contribution in [0.3, 0.4) is 0 Å². The number of amides is 2. The Hall–Kier alpha value is -3.62. The normalized spacial score (nSPS) is 20.8. The van der Waals surface area contributed by atoms with Crippen molar-refractivity contribution in [1.29, 1.82) is 0 Å². The van der Waals surface area contributed by atoms with Gasteiger partial charge in [-0.3, -0.25) is 19.2 Å². The van der Waals surface area contributed by atoms with Crippen molar-refractivity contribution < 1.29 is 33.8 Å². The molecule has 0 unspecified atom stereocenters. The number of benzene rings is 1. The van der Waals surface area contributed by atoms with Gasteiger partial charge in [-0.1, -0.05) is 25.3 Å². The van der Waals surface area contributed by atoms with Gasteiger partial charge in [0.15, 0.2) is 5.92 Å². The van der Waals surface area contributed by atoms with Crippen molar-refractivity contribution in [3.05, 3.63) is 54.1 Å². The van der Waals surface area contributed by atoms with E-state index in [0.29, 0.717) is 42.4 Å². The summed E-state index contributed by atoms with van der Waals surface area (Å²) in [5.74, 6) is -2.87. The highest BCUT2D eigenvalue weighted by molar-refractivity contribution is 5.95. The van der Waals surface area contributed by atoms with Gasteiger partial charge < -0.3 is 24.4 Å². The van der Waals surface area contributed by atoms with E-state index in [1.165, 1.54) is 12.2 Å². The molecule has 248 valence electrons. The fraction of sp³-hybridized carbons (Fsp3) is 0.611. The van der Waals surface area contributed by atoms with Gasteiger partial charge in [0.25, 0.3) is 0 Å². The Bertz CT molecular complexity index is 1240. The van der Waals surface area contributed by atoms with Crippen molar-refractivity contribution in [3.8, 4) is 5.75 Å². The summed E-state index contributed by atoms with van der Waals surface area (Å²) < 4.78 is 12.2. The van der Waals surface area contributed by atoms with E-state index < -0.39 is 52.2 Å². The summed E-state index contributed by atoms with van der Waals surface area (Å²) >= 11 is 0. The Labute approximate surface area is 268 Å². The van der Waals surface area contributed by atoms with Crippen molar-refractivity contribution in [2.24, 2.45) is 5.92 Å². The monoisotopic (exact) mass is 624 g/mol. The van der Waals surface area contributed by atoms with E-state index in [4.69, 9.17) is 9.47 Å². The Balaban J connectivity index is 1.91. The number of carbonyl (C=O) groups excluding carboxylic acids is 4. The number of phenols is 1. The standard InChI is InChI=1S/C36H52N2O7/c1-13-28(39)37-33(5,6)18-25(19-34(37,7)8)44-31(42)27(17-24-15-22(3)30(41)23(4)16-24)32(43)45-26-20-35(9,10)38(29(40)14-2)36(11,12)21-26/h13-16,25-27,41H,1-2,17-21H2,3-12H3. The second-order valence-electron chi connectivity index (χ2n) is 15.3. The van der Waals surface area contributed by atoms with Gasteiger partial charge in [-0.2, -0.15) is 0 Å². The van der Waals surface area contributed by atoms with E-state index in [-0.39, 0.29) is 24.0 Å². The number of esters is 2. The van der Waals surface area contributed by atoms with Crippen LogP contribution in [-0.2, 0) is 35.1 Å². The van der Waals surface area contributed by atoms with Crippen molar-refractivity contribution >= 4 is 23.8 Å². The SMILES string of the molecule is C=CC(=O)N1C(C)(C)CC(OC(=O)C(Cc2cc(C)c(O)c(C)c2)C(=O)OC2CC(C)(C)N(C(=O)C=C)C(C)(C)C2)CC1(C)C. The van der Waals surface area contributed by atoms with Crippen LogP contribution in [0.5, 0.6) is 5.75 Å². The number of likely N-dealkylation sites (tertiary alicyclic amines) is 2. The summed E-state index contributed by atoms with van der Waals surface area (Å²) in [5, 5.41) is 10.3. The van der Waals surface area contributed by atoms with E-state index in [2.05, 4.69) is 13.2 Å². The predicted octanol–water partition coefficient (Wildman–Crippen LogP) is 5.72. The van der Waals surface area contributed by atoms with Crippen LogP contribution in [-0.4, -0.2) is 73.0 Å². The molecule has 2 aliphatic heterocycles. The third-order valence-corrected chi connectivity index (χ3v) is 9.25. The number of hydrogen-bond donors (Lipinski definition) is 1. The summed E-state index contributed by atoms with van der Waals surface area (Å²) in [6.45, 7) is 26.3. The molecule has 0 spiro atoms. The second kappa shape index (κ2) is 12.6. The topological polar surface area (TPSA) is 113 Å². The Morgan fingerprint density at radius 3 is 1.36 bits per heavy atom. The molecular formula is C36H52N2O7. The Morgan fingerprint density at radius 1 is 0.756 bits per heavy atom. The summed E-state index contributed by atoms with van der Waals surface area (Å²) in [6.07, 6.45) is 3.09. The van der Waals surface area contributed by atoms with Gasteiger partial charge in [-0.25, -0.2) is 0 Å². The summed E-state index contributed by atoms with van der Waals surface area (Å²) in [6, 6.07) is 3.51. The lowest BCUT2D eigenvalue weighted by molar-refractivity contribution is -0.179. The average molecular weight is 625 g/mol. The number of hydrogen-bond acceptors (Lipinski definition) is 7. The van der Waals surface area contributed by atoms with E-state index in [1.54, 1.807) is 35.8 Å². The Kier molecular flexibility index (Phi) is 10.1. The largest absolute Gasteiger partial charge is 0.507 e. The van der Waals surface area contributed by atoms with E-state index in [1.807, 2.05) is 55.4 Å². The molecule has 2 fully saturated rings. The lowest BCUT2D eigenvalue weighted by Crippen LogP contribution is -2.64. The number of aryl methyl sites for hydroxylation is 2. The average Bonchev–Trinajstić information content (AvgIpc) is 2.86. The zero-order valence-corrected chi connectivity index (χ0v) is 28.8. The molecular weight excluding hydrogens is 572 g/mol. The van der Waals surface area contributed by atoms with Crippen LogP contribution in [0.4, 0.5) is 0 Å². The molecule has 0 bridgehead atoms. The van der Waals surface area contributed by atoms with Crippen molar-refractivity contribution in [1.82, 2.24) is 9.80 Å². The smallest absolute Gasteiger partial charge is 0.320 e. The number of piperidine rings is 2. The maximum absolute atomic E-state index is 13.9. The molecule has 9 nitrogen and oxygen atoms in total. The van der Waals surface area contributed by atoms with Crippen molar-refractivity contribution in [3.63, 3.8) is 0 Å². The van der Waals surface area contributed by atoms with Crippen LogP contribution in [0, 0.1) is 19.8 Å². The molecule has 0 aromatic heterocycles. The van der Waals surface area contributed by atoms with Gasteiger partial charge in [-0.15, -0.1) is 0 Å². The van der Waals surface area contributed by atoms with Gasteiger partial charge in [0.1, 0.15) is 18.0 Å². The number of carbonyl (C=O) groups is 4. The third-order valence-electron chi connectivity index (χ3n) is 9.25. The highest BCUT2D eigenvalue weighted by Crippen LogP contribution is 2.42. The lowest BCUT2D eigenvalue weighted by atomic mass is 9.77. The molecule has 1 aromatic rings. The number of ether oxygens (including phenoxy) is 2. The van der Waals surface area contributed by atoms with E-state index in [0.717, 1.165) is 0 Å². The van der Waals surface area contributed by atoms with Crippen LogP contribution in [0.15, 0.2) is 37.4 Å². The van der Waals surface area contributed by atoms with Gasteiger partial charge in [0.2, 0.25) is 11.8 Å². The molecule has 2 aliphatic rings. The molecule has 0 saturated carbocycles. The van der Waals surface area contributed by atoms with Gasteiger partial charge in [-0.05, 0) is 105 Å². The molecule has 3 rings (SSSR count). The fourth-order valence-corrected chi connectivity index (χ4v) is 8.07. The second-order valence-corrected chi connectivity index (χ2v) is 15.3. The van der Waals surface area contributed by atoms with Gasteiger partial charge in [0, 0.05) is 47.8 Å². The van der Waals surface area contributed by atoms with Crippen LogP contribution >= 0.6 is 0 Å². The molecule has 0 aliphatic carbocycles. The molecule has 1 aromatic carbocycles. The number of nitrogens with zero attached hydrogens (tertiary/aromatic N) is 2. The predicted molar refractivity (Wildman–Crippen MR) is 173 cm³/mol. The number of aromatic hydroxyl groups is 1. The zero-order chi connectivity index (χ0) is 34.3. The number of rotatable bonds is 8. The highest BCUT2D eigenvalue weighted by atomic mass is 16.6. The number of phenolic OH excluding ortho intramolecular Hbond substituents is 1. The van der Waals surface area contributed by atoms with Crippen LogP contribution in [0.1, 0.15) is 97.8 Å². The van der Waals surface area contributed by atoms with Crippen molar-refractivity contribution in [2.75, 3.05) is 0 Å². The zero-order valence-electron chi connectivity index (χ0n) is 28.8. The first kappa shape index (κ1) is 35.9. The molecule has 2 amide bonds. The lowest BCUT2D eigenvalue weighted by Gasteiger charge is -2.54. The minimum absolute atomic E-state index is 0.0286. The Morgan fingerprint density at radius 2 is 1.07 bits per heavy atom. The maximum atomic E-state index is 13.9. The van der Waals surface area contributed by atoms with Gasteiger partial charge >= 0.3 is 11.9 Å². The quantitative estimate of drug-likeness (QED) is 0.224. The van der Waals surface area contributed by atoms with E-state index >= 15 is 0 Å². The minimum atomic E-state index is -1.26. The first-order chi connectivity index (χ1) is 20.6. The van der Waals surface area contributed by atoms with E-state index in [9.17, 15) is 24.3 Å². The van der Waals surface area contributed by atoms with Crippen LogP contribution < -0.4 is 0 Å². The van der Waals surface area contributed by atoms with Gasteiger partial charge in [0.05, 0.1) is 0 Å². The highest BCUT2D eigenvalue weighted by Gasteiger charge is 2.51. The molecule has 2 heterocycles. The molecule has 0 radical (unpaired) electrons. The third kappa shape index (κ3) is 7.61. The molecule has 1 N–H and O–H groups in total. The van der Waals surface area contributed by atoms with Crippen LogP contribution in [0.25, 0.3) is 0 Å². The molecule has 2 saturated heterocycles. The van der Waals surface area contributed by atoms with Crippen LogP contribution in [0.2, 0.25) is 0 Å². The minimum Gasteiger partial charge on any atom is -0.507 e. The molecule has 0 atom stereocenters. The molecule has 9 heteroatoms. The molecule has 45 heavy (non-hydrogen) atoms.